The van der Waals surface area contributed by atoms with E-state index in [1.807, 2.05) is 0 Å². The molecular weight excluding hydrogens is 640 g/mol. The molecule has 2 heterocycles. The van der Waals surface area contributed by atoms with E-state index in [4.69, 9.17) is 23.2 Å². The number of aromatic nitrogens is 5. The number of aliphatic hydroxyl groups excluding tert-OH is 1. The molecule has 5 aromatic rings. The summed E-state index contributed by atoms with van der Waals surface area (Å²) in [5.74, 6) is -2.37. The topological polar surface area (TPSA) is 103 Å². The summed E-state index contributed by atoms with van der Waals surface area (Å²) in [6, 6.07) is 8.62. The highest BCUT2D eigenvalue weighted by Crippen LogP contribution is 2.38. The molecule has 43 heavy (non-hydrogen) atoms. The smallest absolute Gasteiger partial charge is 0.392 e. The lowest BCUT2D eigenvalue weighted by Gasteiger charge is -2.18. The van der Waals surface area contributed by atoms with Crippen molar-refractivity contribution in [2.45, 2.75) is 24.6 Å². The molecule has 16 heteroatoms. The van der Waals surface area contributed by atoms with E-state index in [0.717, 1.165) is 33.7 Å². The molecule has 8 nitrogen and oxygen atoms in total. The molecule has 3 aromatic carbocycles. The fourth-order valence-corrected chi connectivity index (χ4v) is 6.00. The van der Waals surface area contributed by atoms with Crippen molar-refractivity contribution in [1.29, 1.82) is 0 Å². The van der Waals surface area contributed by atoms with Crippen molar-refractivity contribution >= 4 is 33.0 Å². The predicted octanol–water partition coefficient (Wildman–Crippen LogP) is 6.60. The summed E-state index contributed by atoms with van der Waals surface area (Å²) in [6.07, 6.45) is -2.13. The third-order valence-electron chi connectivity index (χ3n) is 6.49. The lowest BCUT2D eigenvalue weighted by atomic mass is 10.0. The number of halogens is 7. The first kappa shape index (κ1) is 30.6. The summed E-state index contributed by atoms with van der Waals surface area (Å²) in [5, 5.41) is 17.9. The van der Waals surface area contributed by atoms with Gasteiger partial charge in [-0.25, -0.2) is 26.9 Å². The van der Waals surface area contributed by atoms with Gasteiger partial charge in [-0.15, -0.1) is 5.10 Å². The Balaban J connectivity index is 1.84. The Morgan fingerprint density at radius 2 is 1.67 bits per heavy atom. The highest BCUT2D eigenvalue weighted by atomic mass is 35.5. The second-order valence-corrected chi connectivity index (χ2v) is 12.2. The van der Waals surface area contributed by atoms with E-state index in [-0.39, 0.29) is 33.4 Å². The quantitative estimate of drug-likeness (QED) is 0.207. The highest BCUT2D eigenvalue weighted by Gasteiger charge is 2.35. The summed E-state index contributed by atoms with van der Waals surface area (Å²) < 4.78 is 98.5. The van der Waals surface area contributed by atoms with Gasteiger partial charge in [-0.05, 0) is 60.5 Å². The Kier molecular flexibility index (Phi) is 7.84. The summed E-state index contributed by atoms with van der Waals surface area (Å²) in [6.45, 7) is 0.324. The van der Waals surface area contributed by atoms with E-state index in [0.29, 0.717) is 16.8 Å². The third-order valence-corrected chi connectivity index (χ3v) is 8.20. The standard InChI is InChI=1S/C27H18Cl2F5N5O3S/c1-13-36-25(27(32,33)34)11-38(13)26-21(31)6-14(15-5-20(30)18(12-40)24(8-15)43(2,41)42)7-22(26)39-23(10-35-37-39)17-4-3-16(28)9-19(17)29/h3-11,40H,12H2,1-2H3. The molecule has 0 saturated carbocycles. The number of aliphatic hydroxyl groups is 1. The van der Waals surface area contributed by atoms with Gasteiger partial charge in [0.2, 0.25) is 0 Å². The molecule has 0 aliphatic heterocycles. The van der Waals surface area contributed by atoms with Crippen LogP contribution in [0, 0.1) is 18.6 Å². The van der Waals surface area contributed by atoms with Crippen LogP contribution in [0.25, 0.3) is 33.8 Å². The Labute approximate surface area is 250 Å². The van der Waals surface area contributed by atoms with Crippen molar-refractivity contribution < 1.29 is 35.5 Å². The van der Waals surface area contributed by atoms with Crippen molar-refractivity contribution in [2.24, 2.45) is 0 Å². The number of benzene rings is 3. The van der Waals surface area contributed by atoms with Crippen molar-refractivity contribution in [3.05, 3.63) is 93.6 Å². The Hall–Kier alpha value is -3.85. The van der Waals surface area contributed by atoms with Crippen LogP contribution in [-0.2, 0) is 22.6 Å². The minimum absolute atomic E-state index is 0.0676. The summed E-state index contributed by atoms with van der Waals surface area (Å²) in [4.78, 5) is 3.00. The molecule has 0 amide bonds. The van der Waals surface area contributed by atoms with E-state index in [9.17, 15) is 31.1 Å². The lowest BCUT2D eigenvalue weighted by molar-refractivity contribution is -0.141. The molecule has 5 rings (SSSR count). The van der Waals surface area contributed by atoms with Gasteiger partial charge in [0.1, 0.15) is 23.1 Å². The van der Waals surface area contributed by atoms with Crippen LogP contribution < -0.4 is 0 Å². The SMILES string of the molecule is Cc1nc(C(F)(F)F)cn1-c1c(F)cc(-c2cc(F)c(CO)c(S(C)(=O)=O)c2)cc1-n1nncc1-c1ccc(Cl)cc1Cl. The van der Waals surface area contributed by atoms with E-state index >= 15 is 4.39 Å². The van der Waals surface area contributed by atoms with Gasteiger partial charge in [-0.1, -0.05) is 28.4 Å². The number of aryl methyl sites for hydroxylation is 1. The van der Waals surface area contributed by atoms with Gasteiger partial charge in [0.25, 0.3) is 0 Å². The van der Waals surface area contributed by atoms with Crippen LogP contribution in [0.5, 0.6) is 0 Å². The second-order valence-electron chi connectivity index (χ2n) is 9.39. The molecule has 224 valence electrons. The maximum atomic E-state index is 16.1. The molecule has 0 aliphatic carbocycles. The number of sulfone groups is 1. The molecule has 0 radical (unpaired) electrons. The largest absolute Gasteiger partial charge is 0.434 e. The van der Waals surface area contributed by atoms with E-state index in [1.165, 1.54) is 37.4 Å². The van der Waals surface area contributed by atoms with Gasteiger partial charge >= 0.3 is 6.18 Å². The van der Waals surface area contributed by atoms with Gasteiger partial charge < -0.3 is 5.11 Å². The zero-order chi connectivity index (χ0) is 31.4. The fraction of sp³-hybridized carbons (Fsp3) is 0.148. The van der Waals surface area contributed by atoms with Gasteiger partial charge in [0, 0.05) is 28.6 Å². The molecule has 1 N–H and O–H groups in total. The van der Waals surface area contributed by atoms with Gasteiger partial charge in [-0.3, -0.25) is 4.57 Å². The van der Waals surface area contributed by atoms with Crippen LogP contribution in [0.4, 0.5) is 22.0 Å². The van der Waals surface area contributed by atoms with Crippen molar-refractivity contribution in [1.82, 2.24) is 24.5 Å². The highest BCUT2D eigenvalue weighted by molar-refractivity contribution is 7.90. The van der Waals surface area contributed by atoms with E-state index < -0.39 is 56.1 Å². The monoisotopic (exact) mass is 657 g/mol. The average molecular weight is 658 g/mol. The number of imidazole rings is 1. The molecular formula is C27H18Cl2F5N5O3S. The molecule has 0 fully saturated rings. The van der Waals surface area contributed by atoms with Gasteiger partial charge in [-0.2, -0.15) is 13.2 Å². The van der Waals surface area contributed by atoms with Crippen LogP contribution in [0.2, 0.25) is 10.0 Å². The minimum atomic E-state index is -4.84. The van der Waals surface area contributed by atoms with Crippen molar-refractivity contribution in [3.63, 3.8) is 0 Å². The van der Waals surface area contributed by atoms with E-state index in [2.05, 4.69) is 15.3 Å². The normalized spacial score (nSPS) is 12.2. The van der Waals surface area contributed by atoms with Gasteiger partial charge in [0.05, 0.1) is 34.1 Å². The minimum Gasteiger partial charge on any atom is -0.392 e. The Bertz CT molecular complexity index is 2010. The summed E-state index contributed by atoms with van der Waals surface area (Å²) >= 11 is 12.4. The van der Waals surface area contributed by atoms with Crippen LogP contribution in [-0.4, -0.2) is 44.3 Å². The number of nitrogens with zero attached hydrogens (tertiary/aromatic N) is 5. The number of alkyl halides is 3. The molecule has 0 atom stereocenters. The average Bonchev–Trinajstić information content (AvgIpc) is 3.54. The predicted molar refractivity (Wildman–Crippen MR) is 148 cm³/mol. The number of rotatable bonds is 6. The first-order valence-electron chi connectivity index (χ1n) is 12.1. The molecule has 0 bridgehead atoms. The molecule has 0 aliphatic rings. The zero-order valence-corrected chi connectivity index (χ0v) is 24.3. The number of hydrogen-bond acceptors (Lipinski definition) is 6. The lowest BCUT2D eigenvalue weighted by Crippen LogP contribution is -2.10. The second kappa shape index (κ2) is 11.0. The van der Waals surface area contributed by atoms with Gasteiger partial charge in [0.15, 0.2) is 15.5 Å². The molecule has 0 saturated heterocycles. The Morgan fingerprint density at radius 1 is 1.00 bits per heavy atom. The van der Waals surface area contributed by atoms with Crippen LogP contribution in [0.1, 0.15) is 17.1 Å². The first-order valence-corrected chi connectivity index (χ1v) is 14.7. The van der Waals surface area contributed by atoms with Crippen LogP contribution in [0.3, 0.4) is 0 Å². The molecule has 2 aromatic heterocycles. The Morgan fingerprint density at radius 3 is 2.28 bits per heavy atom. The first-order chi connectivity index (χ1) is 20.1. The maximum Gasteiger partial charge on any atom is 0.434 e. The maximum absolute atomic E-state index is 16.1. The van der Waals surface area contributed by atoms with Crippen molar-refractivity contribution in [2.75, 3.05) is 6.26 Å². The molecule has 0 spiro atoms. The third kappa shape index (κ3) is 5.75. The van der Waals surface area contributed by atoms with Crippen LogP contribution in [0.15, 0.2) is 59.8 Å². The molecule has 0 unspecified atom stereocenters. The number of hydrogen-bond donors (Lipinski definition) is 1. The van der Waals surface area contributed by atoms with Crippen LogP contribution >= 0.6 is 23.2 Å². The zero-order valence-electron chi connectivity index (χ0n) is 22.0. The summed E-state index contributed by atoms with van der Waals surface area (Å²) in [7, 11) is -4.05. The summed E-state index contributed by atoms with van der Waals surface area (Å²) in [5.41, 5.74) is -2.00. The fourth-order valence-electron chi connectivity index (χ4n) is 4.54. The van der Waals surface area contributed by atoms with E-state index in [1.54, 1.807) is 0 Å². The van der Waals surface area contributed by atoms with Crippen molar-refractivity contribution in [3.8, 4) is 33.8 Å².